The van der Waals surface area contributed by atoms with Crippen LogP contribution in [0.15, 0.2) is 30.6 Å². The first kappa shape index (κ1) is 20.1. The number of aromatic nitrogens is 4. The second kappa shape index (κ2) is 7.38. The molecule has 0 aliphatic carbocycles. The van der Waals surface area contributed by atoms with E-state index in [2.05, 4.69) is 10.2 Å². The van der Waals surface area contributed by atoms with E-state index < -0.39 is 23.8 Å². The number of aliphatic hydroxyl groups excluding tert-OH is 1. The Kier molecular flexibility index (Phi) is 5.29. The molecule has 28 heavy (non-hydrogen) atoms. The molecule has 2 heterocycles. The fourth-order valence-corrected chi connectivity index (χ4v) is 3.19. The van der Waals surface area contributed by atoms with Crippen LogP contribution in [0.25, 0.3) is 11.3 Å². The van der Waals surface area contributed by atoms with Gasteiger partial charge in [-0.25, -0.2) is 4.39 Å². The summed E-state index contributed by atoms with van der Waals surface area (Å²) in [7, 11) is 1.65. The Morgan fingerprint density at radius 1 is 1.14 bits per heavy atom. The molecule has 9 heteroatoms. The molecule has 3 aromatic rings. The van der Waals surface area contributed by atoms with Crippen LogP contribution in [-0.2, 0) is 26.2 Å². The molecule has 0 saturated heterocycles. The predicted molar refractivity (Wildman–Crippen MR) is 94.9 cm³/mol. The number of nitrogens with zero attached hydrogens (tertiary/aromatic N) is 4. The Hall–Kier alpha value is -2.68. The van der Waals surface area contributed by atoms with Gasteiger partial charge < -0.3 is 5.11 Å². The minimum atomic E-state index is -4.57. The van der Waals surface area contributed by atoms with Crippen LogP contribution < -0.4 is 0 Å². The Morgan fingerprint density at radius 2 is 1.86 bits per heavy atom. The lowest BCUT2D eigenvalue weighted by Gasteiger charge is -2.12. The van der Waals surface area contributed by atoms with Crippen LogP contribution in [0, 0.1) is 5.82 Å². The summed E-state index contributed by atoms with van der Waals surface area (Å²) in [5.41, 5.74) is 0.819. The molecule has 0 amide bonds. The quantitative estimate of drug-likeness (QED) is 0.661. The van der Waals surface area contributed by atoms with Gasteiger partial charge in [-0.05, 0) is 37.6 Å². The normalized spacial score (nSPS) is 13.1. The van der Waals surface area contributed by atoms with Crippen LogP contribution >= 0.6 is 0 Å². The molecule has 0 spiro atoms. The van der Waals surface area contributed by atoms with Gasteiger partial charge in [0.2, 0.25) is 0 Å². The minimum Gasteiger partial charge on any atom is -0.389 e. The van der Waals surface area contributed by atoms with Gasteiger partial charge in [0.15, 0.2) is 5.69 Å². The monoisotopic (exact) mass is 396 g/mol. The molecule has 0 fully saturated rings. The highest BCUT2D eigenvalue weighted by atomic mass is 19.4. The Morgan fingerprint density at radius 3 is 2.46 bits per heavy atom. The summed E-state index contributed by atoms with van der Waals surface area (Å²) >= 11 is 0. The maximum atomic E-state index is 13.6. The Bertz CT molecular complexity index is 988. The molecule has 0 unspecified atom stereocenters. The molecular weight excluding hydrogens is 376 g/mol. The van der Waals surface area contributed by atoms with Crippen LogP contribution in [-0.4, -0.2) is 24.7 Å². The molecule has 1 N–H and O–H groups in total. The van der Waals surface area contributed by atoms with E-state index in [1.165, 1.54) is 40.7 Å². The molecule has 1 atom stereocenters. The summed E-state index contributed by atoms with van der Waals surface area (Å²) in [5.74, 6) is -0.513. The summed E-state index contributed by atoms with van der Waals surface area (Å²) in [6.07, 6.45) is -2.59. The second-order valence-corrected chi connectivity index (χ2v) is 6.62. The number of benzene rings is 1. The van der Waals surface area contributed by atoms with Gasteiger partial charge in [0.05, 0.1) is 11.8 Å². The smallest absolute Gasteiger partial charge is 0.389 e. The van der Waals surface area contributed by atoms with Gasteiger partial charge in [0.25, 0.3) is 0 Å². The number of rotatable bonds is 5. The van der Waals surface area contributed by atoms with E-state index in [0.717, 1.165) is 0 Å². The lowest BCUT2D eigenvalue weighted by Crippen LogP contribution is -2.10. The van der Waals surface area contributed by atoms with E-state index >= 15 is 0 Å². The number of alkyl halides is 3. The Balaban J connectivity index is 2.10. The summed E-state index contributed by atoms with van der Waals surface area (Å²) in [6.45, 7) is 3.51. The number of halogens is 4. The van der Waals surface area contributed by atoms with E-state index in [1.807, 2.05) is 0 Å². The zero-order valence-electron chi connectivity index (χ0n) is 15.6. The largest absolute Gasteiger partial charge is 0.435 e. The molecule has 5 nitrogen and oxygen atoms in total. The lowest BCUT2D eigenvalue weighted by molar-refractivity contribution is -0.142. The molecular formula is C19H20F4N4O. The molecule has 150 valence electrons. The van der Waals surface area contributed by atoms with Crippen LogP contribution in [0.3, 0.4) is 0 Å². The SMILES string of the molecule is CCn1cc(Cc2cn(C)nc2-c2ccc(F)cc2[C@@H](C)O)c(C(F)(F)F)n1. The van der Waals surface area contributed by atoms with Crippen molar-refractivity contribution in [1.82, 2.24) is 19.6 Å². The molecule has 0 saturated carbocycles. The third-order valence-electron chi connectivity index (χ3n) is 4.43. The zero-order chi connectivity index (χ0) is 20.6. The molecule has 1 aromatic carbocycles. The maximum Gasteiger partial charge on any atom is 0.435 e. The van der Waals surface area contributed by atoms with Gasteiger partial charge in [-0.1, -0.05) is 0 Å². The highest BCUT2D eigenvalue weighted by Crippen LogP contribution is 2.35. The summed E-state index contributed by atoms with van der Waals surface area (Å²) in [6, 6.07) is 3.91. The van der Waals surface area contributed by atoms with E-state index in [4.69, 9.17) is 0 Å². The van der Waals surface area contributed by atoms with E-state index in [9.17, 15) is 22.7 Å². The average molecular weight is 396 g/mol. The predicted octanol–water partition coefficient (Wildman–Crippen LogP) is 4.11. The summed E-state index contributed by atoms with van der Waals surface area (Å²) < 4.78 is 56.5. The van der Waals surface area contributed by atoms with Crippen molar-refractivity contribution >= 4 is 0 Å². The first-order valence-corrected chi connectivity index (χ1v) is 8.74. The van der Waals surface area contributed by atoms with Gasteiger partial charge >= 0.3 is 6.18 Å². The van der Waals surface area contributed by atoms with E-state index in [1.54, 1.807) is 20.2 Å². The van der Waals surface area contributed by atoms with Crippen LogP contribution in [0.2, 0.25) is 0 Å². The molecule has 2 aromatic heterocycles. The average Bonchev–Trinajstić information content (AvgIpc) is 3.18. The van der Waals surface area contributed by atoms with Gasteiger partial charge in [-0.3, -0.25) is 9.36 Å². The number of hydrogen-bond acceptors (Lipinski definition) is 3. The van der Waals surface area contributed by atoms with Gasteiger partial charge in [-0.2, -0.15) is 23.4 Å². The van der Waals surface area contributed by atoms with Crippen molar-refractivity contribution in [1.29, 1.82) is 0 Å². The van der Waals surface area contributed by atoms with Crippen molar-refractivity contribution in [2.45, 2.75) is 39.1 Å². The zero-order valence-corrected chi connectivity index (χ0v) is 15.6. The number of hydrogen-bond donors (Lipinski definition) is 1. The standard InChI is InChI=1S/C19H20F4N4O/c1-4-27-10-13(18(25-27)19(21,22)23)7-12-9-26(3)24-17(12)15-6-5-14(20)8-16(15)11(2)28/h5-6,8-11,28H,4,7H2,1-3H3/t11-/m1/s1. The fourth-order valence-electron chi connectivity index (χ4n) is 3.19. The van der Waals surface area contributed by atoms with Crippen LogP contribution in [0.4, 0.5) is 17.6 Å². The second-order valence-electron chi connectivity index (χ2n) is 6.62. The number of aryl methyl sites for hydroxylation is 2. The third-order valence-corrected chi connectivity index (χ3v) is 4.43. The van der Waals surface area contributed by atoms with Crippen LogP contribution in [0.1, 0.15) is 42.3 Å². The Labute approximate surface area is 159 Å². The molecule has 0 aliphatic rings. The van der Waals surface area contributed by atoms with Crippen molar-refractivity contribution in [2.75, 3.05) is 0 Å². The minimum absolute atomic E-state index is 0.0318. The molecule has 0 aliphatic heterocycles. The number of aliphatic hydroxyl groups is 1. The molecule has 0 bridgehead atoms. The van der Waals surface area contributed by atoms with Crippen molar-refractivity contribution in [2.24, 2.45) is 7.05 Å². The van der Waals surface area contributed by atoms with Crippen molar-refractivity contribution in [3.63, 3.8) is 0 Å². The van der Waals surface area contributed by atoms with Gasteiger partial charge in [0, 0.05) is 49.1 Å². The summed E-state index contributed by atoms with van der Waals surface area (Å²) in [4.78, 5) is 0. The van der Waals surface area contributed by atoms with E-state index in [0.29, 0.717) is 28.9 Å². The first-order chi connectivity index (χ1) is 13.1. The first-order valence-electron chi connectivity index (χ1n) is 8.74. The van der Waals surface area contributed by atoms with Gasteiger partial charge in [0.1, 0.15) is 5.82 Å². The van der Waals surface area contributed by atoms with Crippen molar-refractivity contribution in [3.8, 4) is 11.3 Å². The summed E-state index contributed by atoms with van der Waals surface area (Å²) in [5, 5.41) is 18.0. The molecule has 0 radical (unpaired) electrons. The molecule has 3 rings (SSSR count). The maximum absolute atomic E-state index is 13.6. The fraction of sp³-hybridized carbons (Fsp3) is 0.368. The van der Waals surface area contributed by atoms with Crippen molar-refractivity contribution < 1.29 is 22.7 Å². The topological polar surface area (TPSA) is 55.9 Å². The highest BCUT2D eigenvalue weighted by molar-refractivity contribution is 5.68. The highest BCUT2D eigenvalue weighted by Gasteiger charge is 2.37. The van der Waals surface area contributed by atoms with Crippen molar-refractivity contribution in [3.05, 3.63) is 58.8 Å². The third kappa shape index (κ3) is 3.94. The van der Waals surface area contributed by atoms with E-state index in [-0.39, 0.29) is 12.0 Å². The lowest BCUT2D eigenvalue weighted by atomic mass is 9.96. The van der Waals surface area contributed by atoms with Crippen LogP contribution in [0.5, 0.6) is 0 Å². The van der Waals surface area contributed by atoms with Gasteiger partial charge in [-0.15, -0.1) is 0 Å².